The molecule has 0 saturated heterocycles. The van der Waals surface area contributed by atoms with Crippen LogP contribution in [0.15, 0.2) is 24.3 Å². The van der Waals surface area contributed by atoms with Crippen LogP contribution in [0.2, 0.25) is 0 Å². The van der Waals surface area contributed by atoms with Gasteiger partial charge in [-0.3, -0.25) is 0 Å². The molecule has 0 unspecified atom stereocenters. The largest absolute Gasteiger partial charge is 0.0885 e. The van der Waals surface area contributed by atoms with E-state index in [-0.39, 0.29) is 0 Å². The van der Waals surface area contributed by atoms with Gasteiger partial charge in [0, 0.05) is 0 Å². The van der Waals surface area contributed by atoms with E-state index in [1.54, 1.807) is 0 Å². The Bertz CT molecular complexity index is 335. The lowest BCUT2D eigenvalue weighted by Crippen LogP contribution is -2.14. The van der Waals surface area contributed by atoms with Crippen molar-refractivity contribution in [2.24, 2.45) is 23.7 Å². The summed E-state index contributed by atoms with van der Waals surface area (Å²) in [6.45, 7) is 4.57. The normalized spacial score (nSPS) is 32.8. The second-order valence-corrected chi connectivity index (χ2v) is 8.19. The molecule has 0 radical (unpaired) electrons. The van der Waals surface area contributed by atoms with Crippen molar-refractivity contribution >= 4 is 0 Å². The van der Waals surface area contributed by atoms with Gasteiger partial charge in [-0.1, -0.05) is 76.7 Å². The highest BCUT2D eigenvalue weighted by molar-refractivity contribution is 4.96. The SMILES string of the molecule is CCC=C[C@H]1CC[C@H](C=CCC[C@H]2CC[C@H](CCC)CC2)CC1. The molecule has 0 nitrogen and oxygen atoms in total. The Morgan fingerprint density at radius 1 is 0.652 bits per heavy atom. The van der Waals surface area contributed by atoms with Gasteiger partial charge in [0.2, 0.25) is 0 Å². The van der Waals surface area contributed by atoms with Crippen LogP contribution in [0.1, 0.15) is 97.3 Å². The van der Waals surface area contributed by atoms with Crippen LogP contribution in [0.5, 0.6) is 0 Å². The maximum Gasteiger partial charge on any atom is -0.0233 e. The topological polar surface area (TPSA) is 0 Å². The third kappa shape index (κ3) is 7.27. The average molecular weight is 317 g/mol. The van der Waals surface area contributed by atoms with Crippen molar-refractivity contribution in [2.75, 3.05) is 0 Å². The van der Waals surface area contributed by atoms with Crippen LogP contribution in [0, 0.1) is 23.7 Å². The Labute approximate surface area is 145 Å². The third-order valence-corrected chi connectivity index (χ3v) is 6.27. The molecule has 2 fully saturated rings. The van der Waals surface area contributed by atoms with Gasteiger partial charge in [0.15, 0.2) is 0 Å². The number of rotatable bonds is 8. The van der Waals surface area contributed by atoms with Crippen molar-refractivity contribution in [3.63, 3.8) is 0 Å². The molecule has 0 heteroatoms. The quantitative estimate of drug-likeness (QED) is 0.402. The minimum absolute atomic E-state index is 0.873. The van der Waals surface area contributed by atoms with Crippen LogP contribution in [-0.4, -0.2) is 0 Å². The van der Waals surface area contributed by atoms with Gasteiger partial charge in [-0.15, -0.1) is 0 Å². The highest BCUT2D eigenvalue weighted by atomic mass is 14.3. The molecule has 0 amide bonds. The van der Waals surface area contributed by atoms with E-state index >= 15 is 0 Å². The van der Waals surface area contributed by atoms with Crippen molar-refractivity contribution in [2.45, 2.75) is 97.3 Å². The fraction of sp³-hybridized carbons (Fsp3) is 0.826. The monoisotopic (exact) mass is 316 g/mol. The van der Waals surface area contributed by atoms with Crippen molar-refractivity contribution in [3.05, 3.63) is 24.3 Å². The van der Waals surface area contributed by atoms with E-state index in [1.807, 2.05) is 0 Å². The molecule has 0 aromatic carbocycles. The van der Waals surface area contributed by atoms with Crippen LogP contribution in [0.3, 0.4) is 0 Å². The molecule has 0 atom stereocenters. The van der Waals surface area contributed by atoms with Crippen molar-refractivity contribution < 1.29 is 0 Å². The Hall–Kier alpha value is -0.520. The summed E-state index contributed by atoms with van der Waals surface area (Å²) in [5, 5.41) is 0. The summed E-state index contributed by atoms with van der Waals surface area (Å²) in [5.74, 6) is 3.84. The summed E-state index contributed by atoms with van der Waals surface area (Å²) >= 11 is 0. The lowest BCUT2D eigenvalue weighted by molar-refractivity contribution is 0.253. The van der Waals surface area contributed by atoms with Gasteiger partial charge in [0.05, 0.1) is 0 Å². The summed E-state index contributed by atoms with van der Waals surface area (Å²) in [6, 6.07) is 0. The zero-order valence-corrected chi connectivity index (χ0v) is 15.8. The minimum atomic E-state index is 0.873. The second kappa shape index (κ2) is 11.1. The van der Waals surface area contributed by atoms with Crippen molar-refractivity contribution in [1.82, 2.24) is 0 Å². The molecule has 132 valence electrons. The molecule has 0 aromatic heterocycles. The molecule has 2 rings (SSSR count). The molecule has 0 heterocycles. The summed E-state index contributed by atoms with van der Waals surface area (Å²) in [5.41, 5.74) is 0. The van der Waals surface area contributed by atoms with Gasteiger partial charge in [-0.2, -0.15) is 0 Å². The van der Waals surface area contributed by atoms with Crippen LogP contribution in [-0.2, 0) is 0 Å². The Morgan fingerprint density at radius 2 is 1.17 bits per heavy atom. The Morgan fingerprint density at radius 3 is 1.70 bits per heavy atom. The summed E-state index contributed by atoms with van der Waals surface area (Å²) in [7, 11) is 0. The molecule has 2 saturated carbocycles. The average Bonchev–Trinajstić information content (AvgIpc) is 2.59. The van der Waals surface area contributed by atoms with Crippen LogP contribution in [0.4, 0.5) is 0 Å². The van der Waals surface area contributed by atoms with E-state index in [1.165, 1.54) is 83.5 Å². The summed E-state index contributed by atoms with van der Waals surface area (Å²) in [6.07, 6.45) is 28.4. The molecule has 0 bridgehead atoms. The first-order chi connectivity index (χ1) is 11.3. The first kappa shape index (κ1) is 18.8. The lowest BCUT2D eigenvalue weighted by atomic mass is 9.78. The molecule has 0 spiro atoms. The predicted molar refractivity (Wildman–Crippen MR) is 104 cm³/mol. The Kier molecular flexibility index (Phi) is 9.09. The van der Waals surface area contributed by atoms with Gasteiger partial charge in [-0.25, -0.2) is 0 Å². The smallest absolute Gasteiger partial charge is 0.0233 e. The van der Waals surface area contributed by atoms with Gasteiger partial charge in [-0.05, 0) is 68.6 Å². The van der Waals surface area contributed by atoms with Gasteiger partial charge in [0.25, 0.3) is 0 Å². The van der Waals surface area contributed by atoms with Gasteiger partial charge < -0.3 is 0 Å². The third-order valence-electron chi connectivity index (χ3n) is 6.27. The molecule has 23 heavy (non-hydrogen) atoms. The van der Waals surface area contributed by atoms with Crippen molar-refractivity contribution in [3.8, 4) is 0 Å². The predicted octanol–water partition coefficient (Wildman–Crippen LogP) is 7.70. The lowest BCUT2D eigenvalue weighted by Gasteiger charge is -2.28. The minimum Gasteiger partial charge on any atom is -0.0885 e. The molecule has 0 N–H and O–H groups in total. The standard InChI is InChI=1S/C23H40/c1-3-5-9-21-16-18-23(19-17-21)11-7-6-10-22-14-12-20(8-4-2)13-15-22/h5,7,9,11,20-23H,3-4,6,8,10,12-19H2,1-2H3/t20-,21-,22-,23-. The van der Waals surface area contributed by atoms with E-state index in [9.17, 15) is 0 Å². The highest BCUT2D eigenvalue weighted by Gasteiger charge is 2.20. The first-order valence-corrected chi connectivity index (χ1v) is 10.6. The zero-order valence-electron chi connectivity index (χ0n) is 15.8. The summed E-state index contributed by atoms with van der Waals surface area (Å²) < 4.78 is 0. The maximum atomic E-state index is 2.56. The number of hydrogen-bond acceptors (Lipinski definition) is 0. The molecule has 0 aliphatic heterocycles. The summed E-state index contributed by atoms with van der Waals surface area (Å²) in [4.78, 5) is 0. The molecule has 2 aliphatic carbocycles. The second-order valence-electron chi connectivity index (χ2n) is 8.19. The van der Waals surface area contributed by atoms with Crippen LogP contribution < -0.4 is 0 Å². The van der Waals surface area contributed by atoms with E-state index in [0.717, 1.165) is 23.7 Å². The Balaban J connectivity index is 1.55. The number of allylic oxidation sites excluding steroid dienone is 4. The van der Waals surface area contributed by atoms with E-state index < -0.39 is 0 Å². The highest BCUT2D eigenvalue weighted by Crippen LogP contribution is 2.34. The van der Waals surface area contributed by atoms with Gasteiger partial charge >= 0.3 is 0 Å². The van der Waals surface area contributed by atoms with Gasteiger partial charge in [0.1, 0.15) is 0 Å². The van der Waals surface area contributed by atoms with Crippen LogP contribution in [0.25, 0.3) is 0 Å². The molecule has 2 aliphatic rings. The van der Waals surface area contributed by atoms with E-state index in [2.05, 4.69) is 38.2 Å². The van der Waals surface area contributed by atoms with E-state index in [4.69, 9.17) is 0 Å². The zero-order chi connectivity index (χ0) is 16.3. The fourth-order valence-electron chi connectivity index (χ4n) is 4.70. The molecular weight excluding hydrogens is 276 g/mol. The molecular formula is C23H40. The van der Waals surface area contributed by atoms with Crippen molar-refractivity contribution in [1.29, 1.82) is 0 Å². The first-order valence-electron chi connectivity index (χ1n) is 10.6. The maximum absolute atomic E-state index is 2.56. The van der Waals surface area contributed by atoms with E-state index in [0.29, 0.717) is 0 Å². The molecule has 0 aromatic rings. The number of hydrogen-bond donors (Lipinski definition) is 0. The fourth-order valence-corrected chi connectivity index (χ4v) is 4.70. The van der Waals surface area contributed by atoms with Crippen LogP contribution >= 0.6 is 0 Å².